The highest BCUT2D eigenvalue weighted by Crippen LogP contribution is 2.31. The quantitative estimate of drug-likeness (QED) is 0.656. The van der Waals surface area contributed by atoms with E-state index in [4.69, 9.17) is 4.52 Å². The lowest BCUT2D eigenvalue weighted by Gasteiger charge is -2.18. The zero-order chi connectivity index (χ0) is 20.4. The highest BCUT2D eigenvalue weighted by Gasteiger charge is 2.34. The Hall–Kier alpha value is -3.00. The van der Waals surface area contributed by atoms with Crippen molar-refractivity contribution in [3.05, 3.63) is 77.7 Å². The van der Waals surface area contributed by atoms with Crippen LogP contribution >= 0.6 is 0 Å². The Balaban J connectivity index is 1.55. The van der Waals surface area contributed by atoms with Gasteiger partial charge in [0.1, 0.15) is 5.82 Å². The fraction of sp³-hybridized carbons (Fsp3) is 0.238. The van der Waals surface area contributed by atoms with Gasteiger partial charge in [0, 0.05) is 30.3 Å². The second kappa shape index (κ2) is 7.79. The summed E-state index contributed by atoms with van der Waals surface area (Å²) in [5, 5.41) is 2.88. The van der Waals surface area contributed by atoms with E-state index in [-0.39, 0.29) is 36.5 Å². The van der Waals surface area contributed by atoms with E-state index in [2.05, 4.69) is 5.16 Å². The van der Waals surface area contributed by atoms with Crippen LogP contribution in [0.2, 0.25) is 0 Å². The summed E-state index contributed by atoms with van der Waals surface area (Å²) in [6, 6.07) is 16.7. The molecule has 1 atom stereocenters. The van der Waals surface area contributed by atoms with Crippen molar-refractivity contribution < 1.29 is 22.1 Å². The molecule has 0 unspecified atom stereocenters. The average molecular weight is 414 g/mol. The normalized spacial score (nSPS) is 18.9. The molecule has 1 saturated heterocycles. The van der Waals surface area contributed by atoms with Crippen molar-refractivity contribution in [1.29, 1.82) is 0 Å². The van der Waals surface area contributed by atoms with Gasteiger partial charge in [0.2, 0.25) is 0 Å². The molecular weight excluding hydrogens is 395 g/mol. The number of hydrogen-bond donors (Lipinski definition) is 0. The maximum Gasteiger partial charge on any atom is 0.276 e. The van der Waals surface area contributed by atoms with E-state index < -0.39 is 26.8 Å². The van der Waals surface area contributed by atoms with Gasteiger partial charge in [-0.05, 0) is 12.5 Å². The topological polar surface area (TPSA) is 80.5 Å². The van der Waals surface area contributed by atoms with Crippen LogP contribution in [0.1, 0.15) is 27.7 Å². The number of carbonyl (C=O) groups excluding carboxylic acids is 1. The predicted octanol–water partition coefficient (Wildman–Crippen LogP) is 3.48. The molecule has 1 aromatic heterocycles. The molecule has 4 rings (SSSR count). The number of benzene rings is 2. The molecule has 6 nitrogen and oxygen atoms in total. The van der Waals surface area contributed by atoms with E-state index in [1.54, 1.807) is 12.1 Å². The summed E-state index contributed by atoms with van der Waals surface area (Å²) in [5.74, 6) is -0.730. The molecule has 0 N–H and O–H groups in total. The van der Waals surface area contributed by atoms with Crippen LogP contribution in [0, 0.1) is 5.82 Å². The van der Waals surface area contributed by atoms with E-state index in [1.165, 1.54) is 23.1 Å². The molecule has 150 valence electrons. The molecular formula is C21H19FN2O4S. The minimum Gasteiger partial charge on any atom is -0.355 e. The number of hydrogen-bond acceptors (Lipinski definition) is 5. The monoisotopic (exact) mass is 414 g/mol. The summed E-state index contributed by atoms with van der Waals surface area (Å²) in [6.45, 7) is 0.213. The van der Waals surface area contributed by atoms with E-state index in [0.717, 1.165) is 5.56 Å². The second-order valence-corrected chi connectivity index (χ2v) is 9.20. The van der Waals surface area contributed by atoms with Crippen LogP contribution in [0.25, 0.3) is 11.3 Å². The first-order valence-corrected chi connectivity index (χ1v) is 10.9. The van der Waals surface area contributed by atoms with Crippen molar-refractivity contribution in [2.45, 2.75) is 11.7 Å². The molecule has 3 aromatic rings. The molecule has 0 radical (unpaired) electrons. The number of nitrogens with zero attached hydrogens (tertiary/aromatic N) is 2. The Bertz CT molecular complexity index is 1130. The molecule has 0 spiro atoms. The number of halogens is 1. The zero-order valence-corrected chi connectivity index (χ0v) is 16.3. The maximum absolute atomic E-state index is 14.2. The van der Waals surface area contributed by atoms with E-state index in [1.807, 2.05) is 30.3 Å². The molecule has 29 heavy (non-hydrogen) atoms. The van der Waals surface area contributed by atoms with Crippen LogP contribution in [0.3, 0.4) is 0 Å². The summed E-state index contributed by atoms with van der Waals surface area (Å²) in [4.78, 5) is 14.3. The van der Waals surface area contributed by atoms with Gasteiger partial charge in [-0.3, -0.25) is 4.79 Å². The molecule has 8 heteroatoms. The van der Waals surface area contributed by atoms with Crippen molar-refractivity contribution in [2.24, 2.45) is 0 Å². The summed E-state index contributed by atoms with van der Waals surface area (Å²) in [5.41, 5.74) is 1.05. The van der Waals surface area contributed by atoms with Gasteiger partial charge >= 0.3 is 0 Å². The first kappa shape index (κ1) is 19.3. The molecule has 1 amide bonds. The molecule has 0 bridgehead atoms. The van der Waals surface area contributed by atoms with Crippen LogP contribution in [-0.2, 0) is 9.84 Å². The first-order chi connectivity index (χ1) is 14.0. The lowest BCUT2D eigenvalue weighted by atomic mass is 10.1. The number of carbonyl (C=O) groups is 1. The molecule has 0 aliphatic carbocycles. The highest BCUT2D eigenvalue weighted by molar-refractivity contribution is 7.91. The van der Waals surface area contributed by atoms with Gasteiger partial charge in [0.15, 0.2) is 21.3 Å². The van der Waals surface area contributed by atoms with Crippen molar-refractivity contribution in [3.63, 3.8) is 0 Å². The van der Waals surface area contributed by atoms with Crippen molar-refractivity contribution in [1.82, 2.24) is 10.1 Å². The third kappa shape index (κ3) is 3.93. The zero-order valence-electron chi connectivity index (χ0n) is 15.5. The standard InChI is InChI=1S/C21H19FN2O4S/c22-17-9-5-4-8-16(17)20-10-11-24(12-13-29(20,26)27)21(25)18-14-19(28-23-18)15-6-2-1-3-7-15/h1-9,14,20H,10-13H2/t20-/m1/s1. The Kier molecular flexibility index (Phi) is 5.19. The first-order valence-electron chi connectivity index (χ1n) is 9.23. The third-order valence-electron chi connectivity index (χ3n) is 5.07. The van der Waals surface area contributed by atoms with Gasteiger partial charge in [-0.1, -0.05) is 53.7 Å². The van der Waals surface area contributed by atoms with Crippen molar-refractivity contribution >= 4 is 15.7 Å². The average Bonchev–Trinajstić information content (AvgIpc) is 3.16. The Morgan fingerprint density at radius 1 is 1.07 bits per heavy atom. The minimum absolute atomic E-state index is 0.0274. The predicted molar refractivity (Wildman–Crippen MR) is 105 cm³/mol. The van der Waals surface area contributed by atoms with Crippen LogP contribution in [0.4, 0.5) is 4.39 Å². The second-order valence-electron chi connectivity index (χ2n) is 6.90. The van der Waals surface area contributed by atoms with Crippen LogP contribution in [0.15, 0.2) is 65.2 Å². The summed E-state index contributed by atoms with van der Waals surface area (Å²) in [7, 11) is -3.60. The SMILES string of the molecule is O=C(c1cc(-c2ccccc2)on1)N1CC[C@H](c2ccccc2F)S(=O)(=O)CC1. The number of sulfone groups is 1. The van der Waals surface area contributed by atoms with Gasteiger partial charge in [0.05, 0.1) is 11.0 Å². The molecule has 2 heterocycles. The summed E-state index contributed by atoms with van der Waals surface area (Å²) in [6.07, 6.45) is 0.123. The fourth-order valence-corrected chi connectivity index (χ4v) is 5.31. The number of aromatic nitrogens is 1. The van der Waals surface area contributed by atoms with Crippen molar-refractivity contribution in [3.8, 4) is 11.3 Å². The molecule has 2 aromatic carbocycles. The highest BCUT2D eigenvalue weighted by atomic mass is 32.2. The minimum atomic E-state index is -3.60. The molecule has 1 aliphatic heterocycles. The van der Waals surface area contributed by atoms with Crippen LogP contribution in [0.5, 0.6) is 0 Å². The third-order valence-corrected chi connectivity index (χ3v) is 7.18. The van der Waals surface area contributed by atoms with Crippen molar-refractivity contribution in [2.75, 3.05) is 18.8 Å². The molecule has 1 fully saturated rings. The van der Waals surface area contributed by atoms with Gasteiger partial charge in [-0.2, -0.15) is 0 Å². The van der Waals surface area contributed by atoms with Gasteiger partial charge in [0.25, 0.3) is 5.91 Å². The van der Waals surface area contributed by atoms with Gasteiger partial charge < -0.3 is 9.42 Å². The summed E-state index contributed by atoms with van der Waals surface area (Å²) < 4.78 is 44.9. The van der Waals surface area contributed by atoms with Gasteiger partial charge in [-0.25, -0.2) is 12.8 Å². The largest absolute Gasteiger partial charge is 0.355 e. The Labute approximate surface area is 167 Å². The lowest BCUT2D eigenvalue weighted by Crippen LogP contribution is -2.33. The van der Waals surface area contributed by atoms with Gasteiger partial charge in [-0.15, -0.1) is 0 Å². The molecule has 0 saturated carbocycles. The van der Waals surface area contributed by atoms with E-state index in [9.17, 15) is 17.6 Å². The Morgan fingerprint density at radius 2 is 1.79 bits per heavy atom. The lowest BCUT2D eigenvalue weighted by molar-refractivity contribution is 0.0756. The smallest absolute Gasteiger partial charge is 0.276 e. The number of amides is 1. The fourth-order valence-electron chi connectivity index (χ4n) is 3.51. The van der Waals surface area contributed by atoms with Crippen LogP contribution < -0.4 is 0 Å². The van der Waals surface area contributed by atoms with E-state index in [0.29, 0.717) is 5.76 Å². The Morgan fingerprint density at radius 3 is 2.55 bits per heavy atom. The maximum atomic E-state index is 14.2. The van der Waals surface area contributed by atoms with Crippen LogP contribution in [-0.4, -0.2) is 43.2 Å². The van der Waals surface area contributed by atoms with E-state index >= 15 is 0 Å². The number of rotatable bonds is 3. The summed E-state index contributed by atoms with van der Waals surface area (Å²) >= 11 is 0. The molecule has 1 aliphatic rings.